The maximum Gasteiger partial charge on any atom is 0.338 e. The number of anilines is 2. The molecule has 1 amide bonds. The highest BCUT2D eigenvalue weighted by atomic mass is 35.5. The normalized spacial score (nSPS) is 11.5. The number of nitrogens with zero attached hydrogens (tertiary/aromatic N) is 2. The first-order valence-electron chi connectivity index (χ1n) is 16.3. The summed E-state index contributed by atoms with van der Waals surface area (Å²) in [7, 11) is 3.86. The number of amides is 1. The Hall–Kier alpha value is -2.48. The summed E-state index contributed by atoms with van der Waals surface area (Å²) < 4.78 is 5.55. The second-order valence-electron chi connectivity index (χ2n) is 12.1. The highest BCUT2D eigenvalue weighted by molar-refractivity contribution is 6.61. The van der Waals surface area contributed by atoms with Crippen molar-refractivity contribution in [3.63, 3.8) is 0 Å². The van der Waals surface area contributed by atoms with Gasteiger partial charge < -0.3 is 15.0 Å². The van der Waals surface area contributed by atoms with E-state index in [1.165, 1.54) is 44.9 Å². The maximum atomic E-state index is 14.0. The molecule has 0 saturated carbocycles. The van der Waals surface area contributed by atoms with E-state index in [0.717, 1.165) is 30.5 Å². The minimum atomic E-state index is -0.650. The first-order chi connectivity index (χ1) is 22.9. The quantitative estimate of drug-likeness (QED) is 0.0490. The van der Waals surface area contributed by atoms with Crippen molar-refractivity contribution in [3.8, 4) is 0 Å². The molecule has 48 heavy (non-hydrogen) atoms. The maximum absolute atomic E-state index is 14.0. The highest BCUT2D eigenvalue weighted by Crippen LogP contribution is 2.44. The topological polar surface area (TPSA) is 71.0 Å². The van der Waals surface area contributed by atoms with Gasteiger partial charge in [-0.15, -0.1) is 0 Å². The van der Waals surface area contributed by atoms with Crippen LogP contribution in [0.5, 0.6) is 0 Å². The fraction of sp³-hybridized carbons (Fsp3) is 0.432. The summed E-state index contributed by atoms with van der Waals surface area (Å²) in [6.45, 7) is 6.25. The van der Waals surface area contributed by atoms with Crippen LogP contribution in [0, 0.1) is 13.8 Å². The van der Waals surface area contributed by atoms with Crippen LogP contribution in [0.15, 0.2) is 41.4 Å². The molecule has 0 aliphatic rings. The predicted molar refractivity (Wildman–Crippen MR) is 205 cm³/mol. The molecule has 0 atom stereocenters. The number of halogens is 5. The Morgan fingerprint density at radius 2 is 1.29 bits per heavy atom. The zero-order chi connectivity index (χ0) is 35.4. The summed E-state index contributed by atoms with van der Waals surface area (Å²) in [6, 6.07) is 10.6. The molecule has 0 heterocycles. The van der Waals surface area contributed by atoms with Gasteiger partial charge in [0.2, 0.25) is 0 Å². The molecular formula is C37H44Cl5N3O3. The van der Waals surface area contributed by atoms with Crippen molar-refractivity contribution in [2.24, 2.45) is 4.99 Å². The van der Waals surface area contributed by atoms with Crippen molar-refractivity contribution in [1.82, 2.24) is 0 Å². The monoisotopic (exact) mass is 753 g/mol. The van der Waals surface area contributed by atoms with E-state index in [4.69, 9.17) is 67.7 Å². The van der Waals surface area contributed by atoms with Gasteiger partial charge in [-0.05, 0) is 61.7 Å². The molecule has 0 saturated heterocycles. The van der Waals surface area contributed by atoms with Crippen LogP contribution in [0.2, 0.25) is 25.1 Å². The van der Waals surface area contributed by atoms with E-state index in [-0.39, 0.29) is 36.4 Å². The van der Waals surface area contributed by atoms with Gasteiger partial charge in [-0.3, -0.25) is 4.79 Å². The first-order valence-corrected chi connectivity index (χ1v) is 18.2. The van der Waals surface area contributed by atoms with Gasteiger partial charge in [-0.25, -0.2) is 9.79 Å². The Morgan fingerprint density at radius 1 is 0.729 bits per heavy atom. The molecule has 0 aromatic heterocycles. The molecule has 0 unspecified atom stereocenters. The number of unbranched alkanes of at least 4 members (excludes halogenated alkanes) is 9. The number of aryl methyl sites for hydroxylation is 2. The van der Waals surface area contributed by atoms with Gasteiger partial charge >= 0.3 is 5.97 Å². The van der Waals surface area contributed by atoms with E-state index < -0.39 is 11.9 Å². The molecule has 3 aromatic rings. The molecule has 0 aliphatic heterocycles. The minimum absolute atomic E-state index is 0.0241. The van der Waals surface area contributed by atoms with Gasteiger partial charge in [0.05, 0.1) is 43.0 Å². The summed E-state index contributed by atoms with van der Waals surface area (Å²) in [5.41, 5.74) is 3.55. The van der Waals surface area contributed by atoms with Crippen LogP contribution in [0.25, 0.3) is 0 Å². The second kappa shape index (κ2) is 19.6. The third-order valence-corrected chi connectivity index (χ3v) is 10.3. The minimum Gasteiger partial charge on any atom is -0.462 e. The number of rotatable bonds is 17. The molecule has 0 spiro atoms. The lowest BCUT2D eigenvalue weighted by atomic mass is 10.1. The van der Waals surface area contributed by atoms with Crippen LogP contribution in [-0.2, 0) is 9.53 Å². The molecule has 0 radical (unpaired) electrons. The number of aliphatic imine (C=N–C) groups is 1. The van der Waals surface area contributed by atoms with E-state index in [0.29, 0.717) is 29.1 Å². The molecule has 0 bridgehead atoms. The van der Waals surface area contributed by atoms with E-state index >= 15 is 0 Å². The van der Waals surface area contributed by atoms with Gasteiger partial charge in [0, 0.05) is 31.0 Å². The van der Waals surface area contributed by atoms with Crippen molar-refractivity contribution in [1.29, 1.82) is 0 Å². The van der Waals surface area contributed by atoms with Crippen molar-refractivity contribution in [2.75, 3.05) is 30.9 Å². The number of hydrogen-bond acceptors (Lipinski definition) is 5. The molecule has 0 fully saturated rings. The lowest BCUT2D eigenvalue weighted by Crippen LogP contribution is -2.25. The number of hydrogen-bond donors (Lipinski definition) is 1. The average Bonchev–Trinajstić information content (AvgIpc) is 3.06. The number of carbonyl (C=O) groups is 2. The molecular weight excluding hydrogens is 712 g/mol. The lowest BCUT2D eigenvalue weighted by molar-refractivity contribution is -0.110. The molecule has 6 nitrogen and oxygen atoms in total. The van der Waals surface area contributed by atoms with Crippen LogP contribution in [0.1, 0.15) is 98.2 Å². The molecule has 1 N–H and O–H groups in total. The lowest BCUT2D eigenvalue weighted by Gasteiger charge is -2.17. The number of ether oxygens (including phenoxy) is 1. The summed E-state index contributed by atoms with van der Waals surface area (Å²) in [5.74, 6) is -1.11. The van der Waals surface area contributed by atoms with E-state index in [1.54, 1.807) is 24.3 Å². The fourth-order valence-electron chi connectivity index (χ4n) is 5.10. The Morgan fingerprint density at radius 3 is 1.85 bits per heavy atom. The summed E-state index contributed by atoms with van der Waals surface area (Å²) in [6.07, 6.45) is 11.9. The zero-order valence-corrected chi connectivity index (χ0v) is 32.0. The van der Waals surface area contributed by atoms with Crippen molar-refractivity contribution < 1.29 is 14.3 Å². The second-order valence-corrected chi connectivity index (χ2v) is 14.0. The Bertz CT molecular complexity index is 1600. The van der Waals surface area contributed by atoms with Crippen LogP contribution < -0.4 is 10.2 Å². The van der Waals surface area contributed by atoms with Crippen molar-refractivity contribution in [3.05, 3.63) is 83.8 Å². The summed E-state index contributed by atoms with van der Waals surface area (Å²) in [5, 5.41) is 2.55. The van der Waals surface area contributed by atoms with E-state index in [9.17, 15) is 9.59 Å². The average molecular weight is 756 g/mol. The Balaban J connectivity index is 1.79. The van der Waals surface area contributed by atoms with Gasteiger partial charge in [0.1, 0.15) is 5.71 Å². The van der Waals surface area contributed by atoms with Crippen LogP contribution in [0.3, 0.4) is 0 Å². The Kier molecular flexibility index (Phi) is 16.3. The first kappa shape index (κ1) is 40.0. The van der Waals surface area contributed by atoms with Crippen molar-refractivity contribution in [2.45, 2.75) is 85.0 Å². The molecule has 3 aromatic carbocycles. The third kappa shape index (κ3) is 11.0. The fourth-order valence-corrected chi connectivity index (χ4v) is 6.42. The van der Waals surface area contributed by atoms with Crippen LogP contribution >= 0.6 is 58.0 Å². The van der Waals surface area contributed by atoms with Crippen LogP contribution in [-0.4, -0.2) is 38.3 Å². The SMILES string of the molecule is CCCCCCCCCCCCOC(=O)c1ccc(C)c(NC(=O)C(=Nc2ccc(N(C)C)cc2C)c2c(Cl)c(Cl)c(Cl)c(Cl)c2Cl)c1. The molecule has 11 heteroatoms. The van der Waals surface area contributed by atoms with Crippen LogP contribution in [0.4, 0.5) is 17.1 Å². The number of nitrogens with one attached hydrogen (secondary N) is 1. The smallest absolute Gasteiger partial charge is 0.338 e. The number of esters is 1. The molecule has 0 aliphatic carbocycles. The standard InChI is InChI=1S/C37H44Cl5N3O3/c1-6-7-8-9-10-11-12-13-14-15-20-48-37(47)25-17-16-23(2)28(22-25)44-36(46)35(29-30(38)32(40)34(42)33(41)31(29)39)43-27-19-18-26(45(4)5)21-24(27)3/h16-19,21-22H,6-15,20H2,1-5H3,(H,44,46). The van der Waals surface area contributed by atoms with Gasteiger partial charge in [0.25, 0.3) is 5.91 Å². The molecule has 260 valence electrons. The van der Waals surface area contributed by atoms with E-state index in [2.05, 4.69) is 12.2 Å². The van der Waals surface area contributed by atoms with Gasteiger partial charge in [-0.2, -0.15) is 0 Å². The number of carbonyl (C=O) groups excluding carboxylic acids is 2. The van der Waals surface area contributed by atoms with E-state index in [1.807, 2.05) is 45.0 Å². The molecule has 3 rings (SSSR count). The highest BCUT2D eigenvalue weighted by Gasteiger charge is 2.28. The third-order valence-electron chi connectivity index (χ3n) is 8.04. The van der Waals surface area contributed by atoms with Gasteiger partial charge in [0.15, 0.2) is 0 Å². The summed E-state index contributed by atoms with van der Waals surface area (Å²) >= 11 is 32.3. The van der Waals surface area contributed by atoms with Crippen molar-refractivity contribution >= 4 is 92.7 Å². The Labute approximate surface area is 310 Å². The predicted octanol–water partition coefficient (Wildman–Crippen LogP) is 12.5. The number of benzene rings is 3. The largest absolute Gasteiger partial charge is 0.462 e. The van der Waals surface area contributed by atoms with Gasteiger partial charge in [-0.1, -0.05) is 129 Å². The zero-order valence-electron chi connectivity index (χ0n) is 28.3. The summed E-state index contributed by atoms with van der Waals surface area (Å²) in [4.78, 5) is 33.6.